The molecule has 1 amide bonds. The van der Waals surface area contributed by atoms with Gasteiger partial charge >= 0.3 is 6.18 Å². The van der Waals surface area contributed by atoms with Crippen LogP contribution < -0.4 is 4.90 Å². The summed E-state index contributed by atoms with van der Waals surface area (Å²) in [5, 5.41) is 0. The van der Waals surface area contributed by atoms with Gasteiger partial charge in [-0.25, -0.2) is 0 Å². The molecule has 8 heteroatoms. The average Bonchev–Trinajstić information content (AvgIpc) is 3.14. The summed E-state index contributed by atoms with van der Waals surface area (Å²) in [5.41, 5.74) is -0.0957. The van der Waals surface area contributed by atoms with Crippen LogP contribution in [0.5, 0.6) is 0 Å². The second kappa shape index (κ2) is 8.48. The van der Waals surface area contributed by atoms with E-state index in [1.807, 2.05) is 16.8 Å². The molecular formula is C19H26F3N3O2. The quantitative estimate of drug-likeness (QED) is 0.780. The third-order valence-electron chi connectivity index (χ3n) is 5.12. The lowest BCUT2D eigenvalue weighted by atomic mass is 10.1. The minimum absolute atomic E-state index is 0.0548. The molecule has 0 aromatic heterocycles. The van der Waals surface area contributed by atoms with E-state index in [1.54, 1.807) is 11.0 Å². The zero-order chi connectivity index (χ0) is 19.4. The fourth-order valence-electron chi connectivity index (χ4n) is 3.62. The van der Waals surface area contributed by atoms with Crippen molar-refractivity contribution in [1.29, 1.82) is 0 Å². The summed E-state index contributed by atoms with van der Waals surface area (Å²) in [6.45, 7) is 3.97. The Morgan fingerprint density at radius 1 is 1.26 bits per heavy atom. The van der Waals surface area contributed by atoms with E-state index in [2.05, 4.69) is 0 Å². The summed E-state index contributed by atoms with van der Waals surface area (Å²) in [6.07, 6.45) is -2.03. The molecule has 2 saturated heterocycles. The van der Waals surface area contributed by atoms with Gasteiger partial charge in [-0.3, -0.25) is 9.69 Å². The van der Waals surface area contributed by atoms with E-state index < -0.39 is 11.7 Å². The summed E-state index contributed by atoms with van der Waals surface area (Å²) in [7, 11) is 1.92. The Morgan fingerprint density at radius 2 is 2.00 bits per heavy atom. The van der Waals surface area contributed by atoms with Crippen molar-refractivity contribution in [3.05, 3.63) is 29.8 Å². The summed E-state index contributed by atoms with van der Waals surface area (Å²) in [4.78, 5) is 18.2. The fraction of sp³-hybridized carbons (Fsp3) is 0.632. The van der Waals surface area contributed by atoms with Crippen molar-refractivity contribution in [2.45, 2.75) is 25.1 Å². The van der Waals surface area contributed by atoms with Gasteiger partial charge < -0.3 is 14.5 Å². The molecule has 2 aliphatic heterocycles. The topological polar surface area (TPSA) is 36.0 Å². The zero-order valence-corrected chi connectivity index (χ0v) is 15.5. The third kappa shape index (κ3) is 5.35. The van der Waals surface area contributed by atoms with Crippen LogP contribution in [0.25, 0.3) is 0 Å². The van der Waals surface area contributed by atoms with Gasteiger partial charge in [0.1, 0.15) is 0 Å². The standard InChI is InChI=1S/C19H26F3N3O2/c1-23(13-17-6-3-11-27-17)14-18(26)25-9-7-24(8-10-25)16-5-2-4-15(12-16)19(20,21)22/h2,4-5,12,17H,3,6-11,13-14H2,1H3. The van der Waals surface area contributed by atoms with E-state index in [9.17, 15) is 18.0 Å². The molecule has 0 saturated carbocycles. The molecule has 1 aromatic rings. The molecular weight excluding hydrogens is 359 g/mol. The lowest BCUT2D eigenvalue weighted by Gasteiger charge is -2.37. The van der Waals surface area contributed by atoms with Crippen LogP contribution in [0.1, 0.15) is 18.4 Å². The summed E-state index contributed by atoms with van der Waals surface area (Å²) in [6, 6.07) is 5.36. The highest BCUT2D eigenvalue weighted by Gasteiger charge is 2.31. The van der Waals surface area contributed by atoms with Crippen LogP contribution in [-0.4, -0.2) is 74.7 Å². The number of alkyl halides is 3. The number of hydrogen-bond donors (Lipinski definition) is 0. The number of amides is 1. The largest absolute Gasteiger partial charge is 0.416 e. The lowest BCUT2D eigenvalue weighted by molar-refractivity contribution is -0.137. The smallest absolute Gasteiger partial charge is 0.377 e. The predicted molar refractivity (Wildman–Crippen MR) is 96.7 cm³/mol. The zero-order valence-electron chi connectivity index (χ0n) is 15.5. The van der Waals surface area contributed by atoms with Gasteiger partial charge in [0.25, 0.3) is 0 Å². The van der Waals surface area contributed by atoms with Crippen LogP contribution in [-0.2, 0) is 15.7 Å². The minimum atomic E-state index is -4.35. The van der Waals surface area contributed by atoms with Crippen LogP contribution >= 0.6 is 0 Å². The van der Waals surface area contributed by atoms with E-state index in [0.29, 0.717) is 38.4 Å². The van der Waals surface area contributed by atoms with Crippen molar-refractivity contribution in [3.63, 3.8) is 0 Å². The number of rotatable bonds is 5. The monoisotopic (exact) mass is 385 g/mol. The van der Waals surface area contributed by atoms with Crippen LogP contribution in [0.2, 0.25) is 0 Å². The highest BCUT2D eigenvalue weighted by molar-refractivity contribution is 5.78. The van der Waals surface area contributed by atoms with Gasteiger partial charge in [-0.05, 0) is 38.1 Å². The fourth-order valence-corrected chi connectivity index (χ4v) is 3.62. The van der Waals surface area contributed by atoms with Gasteiger partial charge in [0.05, 0.1) is 18.2 Å². The Labute approximate surface area is 157 Å². The first-order chi connectivity index (χ1) is 12.8. The number of anilines is 1. The maximum absolute atomic E-state index is 12.9. The van der Waals surface area contributed by atoms with E-state index in [1.165, 1.54) is 12.1 Å². The van der Waals surface area contributed by atoms with Gasteiger partial charge in [0.2, 0.25) is 5.91 Å². The SMILES string of the molecule is CN(CC(=O)N1CCN(c2cccc(C(F)(F)F)c2)CC1)CC1CCCO1. The molecule has 2 fully saturated rings. The molecule has 0 N–H and O–H groups in total. The molecule has 150 valence electrons. The van der Waals surface area contributed by atoms with Crippen molar-refractivity contribution >= 4 is 11.6 Å². The van der Waals surface area contributed by atoms with Gasteiger partial charge in [0.15, 0.2) is 0 Å². The van der Waals surface area contributed by atoms with Crippen molar-refractivity contribution < 1.29 is 22.7 Å². The van der Waals surface area contributed by atoms with Crippen LogP contribution in [0, 0.1) is 0 Å². The van der Waals surface area contributed by atoms with Crippen LogP contribution in [0.3, 0.4) is 0 Å². The maximum Gasteiger partial charge on any atom is 0.416 e. The van der Waals surface area contributed by atoms with E-state index >= 15 is 0 Å². The first-order valence-electron chi connectivity index (χ1n) is 9.33. The van der Waals surface area contributed by atoms with Crippen LogP contribution in [0.4, 0.5) is 18.9 Å². The number of carbonyl (C=O) groups is 1. The number of likely N-dealkylation sites (N-methyl/N-ethyl adjacent to an activating group) is 1. The maximum atomic E-state index is 12.9. The summed E-state index contributed by atoms with van der Waals surface area (Å²) < 4.78 is 44.2. The number of benzene rings is 1. The minimum Gasteiger partial charge on any atom is -0.377 e. The molecule has 3 rings (SSSR count). The summed E-state index contributed by atoms with van der Waals surface area (Å²) in [5.74, 6) is 0.0548. The van der Waals surface area contributed by atoms with Gasteiger partial charge in [0, 0.05) is 45.0 Å². The average molecular weight is 385 g/mol. The van der Waals surface area contributed by atoms with Crippen molar-refractivity contribution in [1.82, 2.24) is 9.80 Å². The number of piperazine rings is 1. The molecule has 2 aliphatic rings. The van der Waals surface area contributed by atoms with E-state index in [-0.39, 0.29) is 12.0 Å². The highest BCUT2D eigenvalue weighted by Crippen LogP contribution is 2.31. The number of ether oxygens (including phenoxy) is 1. The molecule has 5 nitrogen and oxygen atoms in total. The molecule has 0 bridgehead atoms. The first kappa shape index (κ1) is 19.9. The van der Waals surface area contributed by atoms with Gasteiger partial charge in [-0.2, -0.15) is 13.2 Å². The molecule has 2 heterocycles. The molecule has 1 aromatic carbocycles. The Morgan fingerprint density at radius 3 is 2.63 bits per heavy atom. The van der Waals surface area contributed by atoms with E-state index in [0.717, 1.165) is 32.1 Å². The predicted octanol–water partition coefficient (Wildman–Crippen LogP) is 2.46. The number of halogens is 3. The van der Waals surface area contributed by atoms with Crippen molar-refractivity contribution in [2.75, 3.05) is 57.8 Å². The molecule has 1 atom stereocenters. The molecule has 27 heavy (non-hydrogen) atoms. The third-order valence-corrected chi connectivity index (χ3v) is 5.12. The van der Waals surface area contributed by atoms with Gasteiger partial charge in [-0.1, -0.05) is 6.07 Å². The van der Waals surface area contributed by atoms with Crippen molar-refractivity contribution in [3.8, 4) is 0 Å². The highest BCUT2D eigenvalue weighted by atomic mass is 19.4. The number of carbonyl (C=O) groups excluding carboxylic acids is 1. The lowest BCUT2D eigenvalue weighted by Crippen LogP contribution is -2.51. The second-order valence-corrected chi connectivity index (χ2v) is 7.25. The number of hydrogen-bond acceptors (Lipinski definition) is 4. The van der Waals surface area contributed by atoms with Crippen LogP contribution in [0.15, 0.2) is 24.3 Å². The molecule has 0 aliphatic carbocycles. The normalized spacial score (nSPS) is 21.1. The molecule has 0 radical (unpaired) electrons. The second-order valence-electron chi connectivity index (χ2n) is 7.25. The Kier molecular flexibility index (Phi) is 6.26. The first-order valence-corrected chi connectivity index (χ1v) is 9.33. The van der Waals surface area contributed by atoms with Crippen molar-refractivity contribution in [2.24, 2.45) is 0 Å². The molecule has 0 spiro atoms. The van der Waals surface area contributed by atoms with E-state index in [4.69, 9.17) is 4.74 Å². The van der Waals surface area contributed by atoms with Gasteiger partial charge in [-0.15, -0.1) is 0 Å². The molecule has 1 unspecified atom stereocenters. The number of nitrogens with zero attached hydrogens (tertiary/aromatic N) is 3. The Hall–Kier alpha value is -1.80. The Balaban J connectivity index is 1.49. The Bertz CT molecular complexity index is 639. The summed E-state index contributed by atoms with van der Waals surface area (Å²) >= 11 is 0.